The lowest BCUT2D eigenvalue weighted by atomic mass is 9.86. The molecule has 0 heterocycles. The van der Waals surface area contributed by atoms with Crippen LogP contribution in [0.1, 0.15) is 48.7 Å². The Balaban J connectivity index is 2.14. The molecule has 0 aromatic heterocycles. The monoisotopic (exact) mass is 334 g/mol. The van der Waals surface area contributed by atoms with Crippen molar-refractivity contribution in [2.45, 2.75) is 51.7 Å². The number of hydrogen-bond acceptors (Lipinski definition) is 4. The number of hydroxylamine groups is 2. The maximum Gasteiger partial charge on any atom is 0.407 e. The Hall–Kier alpha value is -2.08. The third-order valence-electron chi connectivity index (χ3n) is 3.98. The van der Waals surface area contributed by atoms with E-state index in [4.69, 9.17) is 9.57 Å². The van der Waals surface area contributed by atoms with Crippen molar-refractivity contribution >= 4 is 12.0 Å². The van der Waals surface area contributed by atoms with E-state index in [0.717, 1.165) is 24.0 Å². The van der Waals surface area contributed by atoms with E-state index in [1.54, 1.807) is 13.1 Å². The first-order valence-corrected chi connectivity index (χ1v) is 8.13. The normalized spacial score (nSPS) is 17.0. The molecule has 1 aliphatic carbocycles. The van der Waals surface area contributed by atoms with Gasteiger partial charge in [-0.15, -0.1) is 0 Å². The zero-order valence-corrected chi connectivity index (χ0v) is 15.0. The molecule has 0 aliphatic heterocycles. The summed E-state index contributed by atoms with van der Waals surface area (Å²) >= 11 is 0. The molecule has 6 nitrogen and oxygen atoms in total. The number of nitrogens with one attached hydrogen (secondary N) is 1. The molecule has 1 aliphatic rings. The summed E-state index contributed by atoms with van der Waals surface area (Å²) < 4.78 is 5.54. The molecule has 0 fully saturated rings. The van der Waals surface area contributed by atoms with Crippen LogP contribution in [0.3, 0.4) is 0 Å². The first kappa shape index (κ1) is 18.3. The SMILES string of the molecule is CON(C)C(=O)c1cccc2c1CC(OC(=O)NC(C)(C)C)CC2. The molecule has 0 radical (unpaired) electrons. The van der Waals surface area contributed by atoms with E-state index in [1.165, 1.54) is 12.2 Å². The van der Waals surface area contributed by atoms with Crippen LogP contribution >= 0.6 is 0 Å². The first-order valence-electron chi connectivity index (χ1n) is 8.13. The van der Waals surface area contributed by atoms with Gasteiger partial charge < -0.3 is 10.1 Å². The number of rotatable bonds is 3. The highest BCUT2D eigenvalue weighted by Crippen LogP contribution is 2.27. The minimum absolute atomic E-state index is 0.200. The number of ether oxygens (including phenoxy) is 1. The summed E-state index contributed by atoms with van der Waals surface area (Å²) in [7, 11) is 3.03. The van der Waals surface area contributed by atoms with Crippen molar-refractivity contribution < 1.29 is 19.2 Å². The number of alkyl carbamates (subject to hydrolysis) is 1. The maximum atomic E-state index is 12.4. The third kappa shape index (κ3) is 4.47. The van der Waals surface area contributed by atoms with E-state index in [1.807, 2.05) is 32.9 Å². The Morgan fingerprint density at radius 1 is 1.29 bits per heavy atom. The Labute approximate surface area is 143 Å². The van der Waals surface area contributed by atoms with E-state index in [0.29, 0.717) is 12.0 Å². The highest BCUT2D eigenvalue weighted by molar-refractivity contribution is 5.95. The number of nitrogens with zero attached hydrogens (tertiary/aromatic N) is 1. The molecule has 132 valence electrons. The molecule has 1 aromatic rings. The second-order valence-corrected chi connectivity index (χ2v) is 7.07. The molecule has 1 N–H and O–H groups in total. The van der Waals surface area contributed by atoms with Gasteiger partial charge in [0.25, 0.3) is 5.91 Å². The number of carbonyl (C=O) groups excluding carboxylic acids is 2. The molecule has 1 atom stereocenters. The minimum Gasteiger partial charge on any atom is -0.446 e. The fourth-order valence-electron chi connectivity index (χ4n) is 2.80. The fourth-order valence-corrected chi connectivity index (χ4v) is 2.80. The summed E-state index contributed by atoms with van der Waals surface area (Å²) in [6.07, 6.45) is 1.41. The second kappa shape index (κ2) is 7.21. The van der Waals surface area contributed by atoms with Gasteiger partial charge >= 0.3 is 6.09 Å². The van der Waals surface area contributed by atoms with E-state index >= 15 is 0 Å². The minimum atomic E-state index is -0.422. The molecule has 2 rings (SSSR count). The summed E-state index contributed by atoms with van der Waals surface area (Å²) in [5, 5.41) is 4.00. The predicted molar refractivity (Wildman–Crippen MR) is 90.7 cm³/mol. The predicted octanol–water partition coefficient (Wildman–Crippen LogP) is 2.70. The zero-order chi connectivity index (χ0) is 17.9. The van der Waals surface area contributed by atoms with Gasteiger partial charge in [0.15, 0.2) is 0 Å². The Morgan fingerprint density at radius 3 is 2.62 bits per heavy atom. The van der Waals surface area contributed by atoms with E-state index in [2.05, 4.69) is 5.32 Å². The largest absolute Gasteiger partial charge is 0.446 e. The molecular formula is C18H26N2O4. The standard InChI is InChI=1S/C18H26N2O4/c1-18(2,3)19-17(22)24-13-10-9-12-7-6-8-14(15(12)11-13)16(21)20(4)23-5/h6-8,13H,9-11H2,1-5H3,(H,19,22). The fraction of sp³-hybridized carbons (Fsp3) is 0.556. The van der Waals surface area contributed by atoms with Crippen molar-refractivity contribution in [2.75, 3.05) is 14.2 Å². The Kier molecular flexibility index (Phi) is 5.49. The number of fused-ring (bicyclic) bond motifs is 1. The van der Waals surface area contributed by atoms with Crippen molar-refractivity contribution in [1.29, 1.82) is 0 Å². The number of carbonyl (C=O) groups is 2. The lowest BCUT2D eigenvalue weighted by molar-refractivity contribution is -0.0758. The summed E-state index contributed by atoms with van der Waals surface area (Å²) in [6.45, 7) is 5.71. The third-order valence-corrected chi connectivity index (χ3v) is 3.98. The maximum absolute atomic E-state index is 12.4. The van der Waals surface area contributed by atoms with Gasteiger partial charge in [-0.05, 0) is 50.8 Å². The summed E-state index contributed by atoms with van der Waals surface area (Å²) in [6, 6.07) is 5.68. The molecule has 6 heteroatoms. The molecule has 2 amide bonds. The van der Waals surface area contributed by atoms with Gasteiger partial charge in [0.05, 0.1) is 7.11 Å². The van der Waals surface area contributed by atoms with Crippen molar-refractivity contribution in [2.24, 2.45) is 0 Å². The average Bonchev–Trinajstić information content (AvgIpc) is 2.50. The lowest BCUT2D eigenvalue weighted by Crippen LogP contribution is -2.43. The van der Waals surface area contributed by atoms with Crippen LogP contribution in [0.4, 0.5) is 4.79 Å². The Bertz CT molecular complexity index is 622. The first-order chi connectivity index (χ1) is 11.2. The number of aryl methyl sites for hydroxylation is 1. The summed E-state index contributed by atoms with van der Waals surface area (Å²) in [5.74, 6) is -0.200. The average molecular weight is 334 g/mol. The van der Waals surface area contributed by atoms with Crippen LogP contribution in [0.5, 0.6) is 0 Å². The molecular weight excluding hydrogens is 308 g/mol. The zero-order valence-electron chi connectivity index (χ0n) is 15.0. The van der Waals surface area contributed by atoms with E-state index < -0.39 is 6.09 Å². The van der Waals surface area contributed by atoms with Crippen LogP contribution in [-0.4, -0.2) is 42.9 Å². The van der Waals surface area contributed by atoms with Gasteiger partial charge in [-0.25, -0.2) is 9.86 Å². The summed E-state index contributed by atoms with van der Waals surface area (Å²) in [5.41, 5.74) is 2.32. The van der Waals surface area contributed by atoms with Gasteiger partial charge in [-0.1, -0.05) is 12.1 Å². The quantitative estimate of drug-likeness (QED) is 0.863. The van der Waals surface area contributed by atoms with Crippen LogP contribution in [0.15, 0.2) is 18.2 Å². The van der Waals surface area contributed by atoms with E-state index in [-0.39, 0.29) is 17.6 Å². The van der Waals surface area contributed by atoms with Crippen LogP contribution in [0.25, 0.3) is 0 Å². The second-order valence-electron chi connectivity index (χ2n) is 7.07. The Morgan fingerprint density at radius 2 is 2.00 bits per heavy atom. The molecule has 1 aromatic carbocycles. The van der Waals surface area contributed by atoms with Crippen molar-refractivity contribution in [3.05, 3.63) is 34.9 Å². The highest BCUT2D eigenvalue weighted by atomic mass is 16.7. The van der Waals surface area contributed by atoms with Crippen molar-refractivity contribution in [1.82, 2.24) is 10.4 Å². The number of benzene rings is 1. The van der Waals surface area contributed by atoms with E-state index in [9.17, 15) is 9.59 Å². The van der Waals surface area contributed by atoms with Gasteiger partial charge in [0.2, 0.25) is 0 Å². The van der Waals surface area contributed by atoms with Gasteiger partial charge in [0.1, 0.15) is 6.10 Å². The lowest BCUT2D eigenvalue weighted by Gasteiger charge is -2.28. The van der Waals surface area contributed by atoms with Crippen LogP contribution in [0.2, 0.25) is 0 Å². The molecule has 0 saturated carbocycles. The molecule has 0 bridgehead atoms. The van der Waals surface area contributed by atoms with Gasteiger partial charge in [-0.3, -0.25) is 9.63 Å². The summed E-state index contributed by atoms with van der Waals surface area (Å²) in [4.78, 5) is 29.4. The highest BCUT2D eigenvalue weighted by Gasteiger charge is 2.27. The smallest absolute Gasteiger partial charge is 0.407 e. The van der Waals surface area contributed by atoms with Crippen LogP contribution in [-0.2, 0) is 22.4 Å². The van der Waals surface area contributed by atoms with Crippen molar-refractivity contribution in [3.8, 4) is 0 Å². The molecule has 0 saturated heterocycles. The van der Waals surface area contributed by atoms with Crippen LogP contribution in [0, 0.1) is 0 Å². The van der Waals surface area contributed by atoms with Gasteiger partial charge in [0, 0.05) is 24.6 Å². The van der Waals surface area contributed by atoms with Crippen molar-refractivity contribution in [3.63, 3.8) is 0 Å². The number of hydrogen-bond donors (Lipinski definition) is 1. The molecule has 24 heavy (non-hydrogen) atoms. The molecule has 0 spiro atoms. The number of amides is 2. The molecule has 1 unspecified atom stereocenters. The van der Waals surface area contributed by atoms with Gasteiger partial charge in [-0.2, -0.15) is 0 Å². The van der Waals surface area contributed by atoms with Crippen LogP contribution < -0.4 is 5.32 Å². The topological polar surface area (TPSA) is 67.9 Å².